The van der Waals surface area contributed by atoms with Gasteiger partial charge in [0.15, 0.2) is 0 Å². The summed E-state index contributed by atoms with van der Waals surface area (Å²) in [6.07, 6.45) is 5.33. The van der Waals surface area contributed by atoms with Crippen molar-refractivity contribution in [2.75, 3.05) is 11.4 Å². The molecule has 0 radical (unpaired) electrons. The zero-order valence-electron chi connectivity index (χ0n) is 24.2. The lowest BCUT2D eigenvalue weighted by molar-refractivity contribution is -0.141. The Morgan fingerprint density at radius 3 is 2.40 bits per heavy atom. The summed E-state index contributed by atoms with van der Waals surface area (Å²) < 4.78 is 0.925. The number of amides is 3. The lowest BCUT2D eigenvalue weighted by Crippen LogP contribution is -2.52. The van der Waals surface area contributed by atoms with Gasteiger partial charge in [-0.05, 0) is 60.0 Å². The topological polar surface area (TPSA) is 69.7 Å². The highest BCUT2D eigenvalue weighted by Gasteiger charge is 2.33. The molecular weight excluding hydrogens is 602 g/mol. The highest BCUT2D eigenvalue weighted by molar-refractivity contribution is 9.10. The van der Waals surface area contributed by atoms with Crippen LogP contribution in [0, 0.1) is 0 Å². The largest absolute Gasteiger partial charge is 0.352 e. The van der Waals surface area contributed by atoms with Crippen LogP contribution in [0.3, 0.4) is 0 Å². The Morgan fingerprint density at radius 2 is 1.63 bits per heavy atom. The lowest BCUT2D eigenvalue weighted by Gasteiger charge is -2.32. The van der Waals surface area contributed by atoms with Crippen molar-refractivity contribution in [3.63, 3.8) is 0 Å². The summed E-state index contributed by atoms with van der Waals surface area (Å²) in [7, 11) is 0. The van der Waals surface area contributed by atoms with E-state index in [0.29, 0.717) is 31.5 Å². The third kappa shape index (κ3) is 6.52. The number of hydrogen-bond acceptors (Lipinski definition) is 3. The number of halogens is 1. The average Bonchev–Trinajstić information content (AvgIpc) is 3.63. The summed E-state index contributed by atoms with van der Waals surface area (Å²) >= 11 is 3.56. The summed E-state index contributed by atoms with van der Waals surface area (Å²) in [5, 5.41) is 5.28. The fourth-order valence-electron chi connectivity index (χ4n) is 6.49. The van der Waals surface area contributed by atoms with Crippen LogP contribution in [0.4, 0.5) is 5.69 Å². The van der Waals surface area contributed by atoms with E-state index >= 15 is 0 Å². The van der Waals surface area contributed by atoms with E-state index in [0.717, 1.165) is 57.7 Å². The van der Waals surface area contributed by atoms with Gasteiger partial charge in [-0.3, -0.25) is 14.4 Å². The van der Waals surface area contributed by atoms with Crippen LogP contribution in [-0.4, -0.2) is 41.2 Å². The number of anilines is 1. The molecule has 1 heterocycles. The number of benzene rings is 4. The molecule has 2 aliphatic rings. The summed E-state index contributed by atoms with van der Waals surface area (Å²) in [5.74, 6) is -0.219. The van der Waals surface area contributed by atoms with Crippen LogP contribution in [0.15, 0.2) is 95.5 Å². The van der Waals surface area contributed by atoms with Crippen LogP contribution >= 0.6 is 15.9 Å². The quantitative estimate of drug-likeness (QED) is 0.192. The van der Waals surface area contributed by atoms with E-state index in [1.54, 1.807) is 9.80 Å². The molecule has 3 amide bonds. The van der Waals surface area contributed by atoms with E-state index in [2.05, 4.69) is 21.2 Å². The molecule has 0 spiro atoms. The predicted molar refractivity (Wildman–Crippen MR) is 174 cm³/mol. The van der Waals surface area contributed by atoms with Gasteiger partial charge in [0.05, 0.1) is 5.69 Å². The lowest BCUT2D eigenvalue weighted by atomic mass is 10.0. The standard InChI is InChI=1S/C36H36BrN3O3/c37-28-15-6-12-26(22-28)24-40(32(23-25-10-2-1-3-11-25)35(42)38-29-16-4-5-17-29)33(41)20-9-21-39-31-19-8-14-27-13-7-18-30(34(27)31)36(39)43/h1-3,6-8,10-15,18-19,22,29,32H,4-5,9,16-17,20-21,23-24H2,(H,38,42). The van der Waals surface area contributed by atoms with Gasteiger partial charge in [-0.2, -0.15) is 0 Å². The number of hydrogen-bond donors (Lipinski definition) is 1. The van der Waals surface area contributed by atoms with Crippen LogP contribution in [0.25, 0.3) is 10.8 Å². The molecule has 220 valence electrons. The molecule has 4 aromatic rings. The maximum atomic E-state index is 14.1. The number of nitrogens with one attached hydrogen (secondary N) is 1. The maximum Gasteiger partial charge on any atom is 0.258 e. The van der Waals surface area contributed by atoms with Crippen molar-refractivity contribution in [3.8, 4) is 0 Å². The molecule has 1 atom stereocenters. The van der Waals surface area contributed by atoms with Gasteiger partial charge in [0.25, 0.3) is 5.91 Å². The van der Waals surface area contributed by atoms with E-state index in [4.69, 9.17) is 0 Å². The number of carbonyl (C=O) groups is 3. The molecule has 1 aliphatic heterocycles. The molecule has 7 heteroatoms. The minimum atomic E-state index is -0.652. The second kappa shape index (κ2) is 13.1. The Bertz CT molecular complexity index is 1630. The minimum absolute atomic E-state index is 0.0249. The second-order valence-electron chi connectivity index (χ2n) is 11.6. The number of nitrogens with zero attached hydrogens (tertiary/aromatic N) is 2. The molecule has 4 aromatic carbocycles. The highest BCUT2D eigenvalue weighted by atomic mass is 79.9. The summed E-state index contributed by atoms with van der Waals surface area (Å²) in [6, 6.07) is 29.1. The monoisotopic (exact) mass is 637 g/mol. The first-order valence-corrected chi connectivity index (χ1v) is 16.0. The first kappa shape index (κ1) is 29.1. The van der Waals surface area contributed by atoms with Crippen LogP contribution in [0.1, 0.15) is 60.0 Å². The van der Waals surface area contributed by atoms with Gasteiger partial charge in [-0.25, -0.2) is 0 Å². The molecule has 0 bridgehead atoms. The van der Waals surface area contributed by atoms with Gasteiger partial charge in [0.1, 0.15) is 6.04 Å². The zero-order chi connectivity index (χ0) is 29.8. The highest BCUT2D eigenvalue weighted by Crippen LogP contribution is 2.37. The summed E-state index contributed by atoms with van der Waals surface area (Å²) in [4.78, 5) is 44.8. The van der Waals surface area contributed by atoms with Crippen molar-refractivity contribution in [2.45, 2.75) is 63.6 Å². The third-order valence-corrected chi connectivity index (χ3v) is 9.13. The van der Waals surface area contributed by atoms with Crippen LogP contribution in [0.2, 0.25) is 0 Å². The van der Waals surface area contributed by atoms with Crippen molar-refractivity contribution >= 4 is 50.1 Å². The van der Waals surface area contributed by atoms with E-state index in [1.165, 1.54) is 0 Å². The van der Waals surface area contributed by atoms with Crippen LogP contribution in [0.5, 0.6) is 0 Å². The molecule has 1 aliphatic carbocycles. The maximum absolute atomic E-state index is 14.1. The van der Waals surface area contributed by atoms with Gasteiger partial charge in [-0.1, -0.05) is 95.5 Å². The van der Waals surface area contributed by atoms with E-state index < -0.39 is 6.04 Å². The molecule has 6 nitrogen and oxygen atoms in total. The molecule has 0 saturated heterocycles. The summed E-state index contributed by atoms with van der Waals surface area (Å²) in [6.45, 7) is 0.752. The molecule has 1 unspecified atom stereocenters. The molecule has 43 heavy (non-hydrogen) atoms. The van der Waals surface area contributed by atoms with E-state index in [-0.39, 0.29) is 30.2 Å². The molecule has 6 rings (SSSR count). The van der Waals surface area contributed by atoms with Crippen molar-refractivity contribution in [1.29, 1.82) is 0 Å². The molecule has 1 fully saturated rings. The van der Waals surface area contributed by atoms with Crippen molar-refractivity contribution in [2.24, 2.45) is 0 Å². The number of carbonyl (C=O) groups excluding carboxylic acids is 3. The van der Waals surface area contributed by atoms with E-state index in [9.17, 15) is 14.4 Å². The van der Waals surface area contributed by atoms with Crippen molar-refractivity contribution < 1.29 is 14.4 Å². The Balaban J connectivity index is 1.23. The Kier molecular flexibility index (Phi) is 8.89. The van der Waals surface area contributed by atoms with Crippen LogP contribution < -0.4 is 10.2 Å². The van der Waals surface area contributed by atoms with Crippen molar-refractivity contribution in [1.82, 2.24) is 10.2 Å². The minimum Gasteiger partial charge on any atom is -0.352 e. The molecule has 0 aromatic heterocycles. The first-order chi connectivity index (χ1) is 21.0. The fourth-order valence-corrected chi connectivity index (χ4v) is 6.93. The SMILES string of the molecule is O=C(NC1CCCC1)C(Cc1ccccc1)N(Cc1cccc(Br)c1)C(=O)CCCN1C(=O)c2cccc3cccc1c23. The molecule has 1 N–H and O–H groups in total. The van der Waals surface area contributed by atoms with Gasteiger partial charge in [0.2, 0.25) is 11.8 Å². The van der Waals surface area contributed by atoms with Crippen LogP contribution in [-0.2, 0) is 22.6 Å². The molecule has 1 saturated carbocycles. The first-order valence-electron chi connectivity index (χ1n) is 15.2. The Morgan fingerprint density at radius 1 is 0.907 bits per heavy atom. The van der Waals surface area contributed by atoms with Gasteiger partial charge >= 0.3 is 0 Å². The third-order valence-electron chi connectivity index (χ3n) is 8.64. The summed E-state index contributed by atoms with van der Waals surface area (Å²) in [5.41, 5.74) is 3.57. The van der Waals surface area contributed by atoms with E-state index in [1.807, 2.05) is 91.0 Å². The van der Waals surface area contributed by atoms with Gasteiger partial charge < -0.3 is 15.1 Å². The zero-order valence-corrected chi connectivity index (χ0v) is 25.8. The number of rotatable bonds is 11. The van der Waals surface area contributed by atoms with Crippen molar-refractivity contribution in [3.05, 3.63) is 112 Å². The fraction of sp³-hybridized carbons (Fsp3) is 0.306. The average molecular weight is 639 g/mol. The molecular formula is C36H36BrN3O3. The van der Waals surface area contributed by atoms with Gasteiger partial charge in [-0.15, -0.1) is 0 Å². The second-order valence-corrected chi connectivity index (χ2v) is 12.5. The smallest absolute Gasteiger partial charge is 0.258 e. The predicted octanol–water partition coefficient (Wildman–Crippen LogP) is 7.04. The Hall–Kier alpha value is -3.97. The Labute approximate surface area is 261 Å². The van der Waals surface area contributed by atoms with Gasteiger partial charge in [0, 0.05) is 47.4 Å². The normalized spacial score (nSPS) is 15.2.